The number of aryl methyl sites for hydroxylation is 2. The van der Waals surface area contributed by atoms with Gasteiger partial charge in [-0.15, -0.1) is 0 Å². The molecule has 0 radical (unpaired) electrons. The van der Waals surface area contributed by atoms with Crippen molar-refractivity contribution in [3.05, 3.63) is 65.5 Å². The number of nitrogens with zero attached hydrogens (tertiary/aromatic N) is 1. The van der Waals surface area contributed by atoms with E-state index in [0.29, 0.717) is 6.54 Å². The van der Waals surface area contributed by atoms with Gasteiger partial charge in [0.1, 0.15) is 0 Å². The van der Waals surface area contributed by atoms with E-state index in [2.05, 4.69) is 53.5 Å². The number of nitrogens with two attached hydrogens (primary N) is 1. The summed E-state index contributed by atoms with van der Waals surface area (Å²) in [6.45, 7) is 4.58. The summed E-state index contributed by atoms with van der Waals surface area (Å²) in [6, 6.07) is 17.1. The fraction of sp³-hybridized carbons (Fsp3) is 0.167. The highest BCUT2D eigenvalue weighted by Crippen LogP contribution is 2.33. The van der Waals surface area contributed by atoms with E-state index in [-0.39, 0.29) is 0 Å². The fourth-order valence-electron chi connectivity index (χ4n) is 2.52. The second-order valence-corrected chi connectivity index (χ2v) is 6.26. The quantitative estimate of drug-likeness (QED) is 0.775. The van der Waals surface area contributed by atoms with E-state index >= 15 is 0 Å². The molecule has 3 aromatic rings. The molecule has 0 aliphatic rings. The molecule has 2 N–H and O–H groups in total. The molecule has 3 rings (SSSR count). The first kappa shape index (κ1) is 14.1. The molecule has 2 aromatic carbocycles. The summed E-state index contributed by atoms with van der Waals surface area (Å²) in [5, 5.41) is 2.53. The topological polar surface area (TPSA) is 38.9 Å². The van der Waals surface area contributed by atoms with Gasteiger partial charge in [-0.25, -0.2) is 0 Å². The molecule has 1 heterocycles. The van der Waals surface area contributed by atoms with Crippen LogP contribution in [0.2, 0.25) is 0 Å². The lowest BCUT2D eigenvalue weighted by Gasteiger charge is -2.11. The van der Waals surface area contributed by atoms with Crippen molar-refractivity contribution in [2.75, 3.05) is 0 Å². The molecule has 0 unspecified atom stereocenters. The van der Waals surface area contributed by atoms with E-state index in [1.54, 1.807) is 11.8 Å². The van der Waals surface area contributed by atoms with Crippen LogP contribution in [0, 0.1) is 13.8 Å². The molecule has 0 amide bonds. The average molecular weight is 294 g/mol. The third-order valence-electron chi connectivity index (χ3n) is 3.57. The van der Waals surface area contributed by atoms with Crippen LogP contribution in [0.4, 0.5) is 0 Å². The Morgan fingerprint density at radius 1 is 1.00 bits per heavy atom. The first-order chi connectivity index (χ1) is 10.2. The summed E-state index contributed by atoms with van der Waals surface area (Å²) < 4.78 is 0. The van der Waals surface area contributed by atoms with Crippen LogP contribution in [0.25, 0.3) is 10.8 Å². The molecule has 1 aromatic heterocycles. The first-order valence-corrected chi connectivity index (χ1v) is 7.83. The van der Waals surface area contributed by atoms with Crippen molar-refractivity contribution in [2.24, 2.45) is 5.73 Å². The van der Waals surface area contributed by atoms with Crippen molar-refractivity contribution in [3.8, 4) is 0 Å². The molecule has 0 saturated carbocycles. The van der Waals surface area contributed by atoms with Gasteiger partial charge >= 0.3 is 0 Å². The van der Waals surface area contributed by atoms with Gasteiger partial charge in [0.25, 0.3) is 0 Å². The summed E-state index contributed by atoms with van der Waals surface area (Å²) in [7, 11) is 0. The van der Waals surface area contributed by atoms with Crippen LogP contribution in [0.1, 0.15) is 17.0 Å². The molecule has 0 spiro atoms. The van der Waals surface area contributed by atoms with Gasteiger partial charge in [-0.1, -0.05) is 42.1 Å². The Kier molecular flexibility index (Phi) is 3.95. The van der Waals surface area contributed by atoms with E-state index in [4.69, 9.17) is 5.73 Å². The molecule has 0 aliphatic heterocycles. The third-order valence-corrected chi connectivity index (χ3v) is 4.64. The molecule has 0 aliphatic carbocycles. The smallest absolute Gasteiger partial charge is 0.0432 e. The predicted molar refractivity (Wildman–Crippen MR) is 89.7 cm³/mol. The number of rotatable bonds is 3. The van der Waals surface area contributed by atoms with Crippen LogP contribution in [0.3, 0.4) is 0 Å². The van der Waals surface area contributed by atoms with E-state index in [1.807, 2.05) is 13.8 Å². The lowest BCUT2D eigenvalue weighted by molar-refractivity contribution is 0.945. The van der Waals surface area contributed by atoms with Crippen LogP contribution in [0.5, 0.6) is 0 Å². The number of pyridine rings is 1. The van der Waals surface area contributed by atoms with E-state index in [1.165, 1.54) is 20.6 Å². The minimum absolute atomic E-state index is 0.523. The molecule has 106 valence electrons. The minimum Gasteiger partial charge on any atom is -0.326 e. The number of hydrogen-bond acceptors (Lipinski definition) is 3. The molecule has 0 fully saturated rings. The summed E-state index contributed by atoms with van der Waals surface area (Å²) in [5.74, 6) is 0. The van der Waals surface area contributed by atoms with E-state index in [0.717, 1.165) is 17.0 Å². The highest BCUT2D eigenvalue weighted by molar-refractivity contribution is 7.99. The van der Waals surface area contributed by atoms with Crippen molar-refractivity contribution < 1.29 is 0 Å². The number of hydrogen-bond donors (Lipinski definition) is 1. The zero-order valence-corrected chi connectivity index (χ0v) is 13.1. The fourth-order valence-corrected chi connectivity index (χ4v) is 3.68. The Bertz CT molecular complexity index is 796. The van der Waals surface area contributed by atoms with Gasteiger partial charge in [0, 0.05) is 33.3 Å². The summed E-state index contributed by atoms with van der Waals surface area (Å²) in [5.41, 5.74) is 9.09. The second kappa shape index (κ2) is 5.88. The van der Waals surface area contributed by atoms with Crippen molar-refractivity contribution in [2.45, 2.75) is 30.2 Å². The molecule has 0 bridgehead atoms. The Labute approximate surface area is 129 Å². The Morgan fingerprint density at radius 3 is 2.52 bits per heavy atom. The molecule has 21 heavy (non-hydrogen) atoms. The van der Waals surface area contributed by atoms with Gasteiger partial charge in [-0.3, -0.25) is 4.98 Å². The Morgan fingerprint density at radius 2 is 1.76 bits per heavy atom. The molecule has 0 atom stereocenters. The molecule has 3 heteroatoms. The molecule has 0 saturated heterocycles. The van der Waals surface area contributed by atoms with Crippen LogP contribution in [-0.4, -0.2) is 4.98 Å². The van der Waals surface area contributed by atoms with Crippen LogP contribution < -0.4 is 5.73 Å². The van der Waals surface area contributed by atoms with Gasteiger partial charge < -0.3 is 5.73 Å². The first-order valence-electron chi connectivity index (χ1n) is 7.01. The number of fused-ring (bicyclic) bond motifs is 1. The molecular weight excluding hydrogens is 276 g/mol. The maximum Gasteiger partial charge on any atom is 0.0432 e. The largest absolute Gasteiger partial charge is 0.326 e. The standard InChI is InChI=1S/C18H18N2S/c1-12-9-18(17(11-19)13(2)20-12)21-16-8-7-14-5-3-4-6-15(14)10-16/h3-10H,11,19H2,1-2H3. The van der Waals surface area contributed by atoms with Gasteiger partial charge in [0.05, 0.1) is 0 Å². The van der Waals surface area contributed by atoms with Crippen LogP contribution in [0.15, 0.2) is 58.3 Å². The van der Waals surface area contributed by atoms with Gasteiger partial charge in [-0.2, -0.15) is 0 Å². The second-order valence-electron chi connectivity index (χ2n) is 5.14. The Balaban J connectivity index is 2.02. The average Bonchev–Trinajstić information content (AvgIpc) is 2.47. The van der Waals surface area contributed by atoms with Gasteiger partial charge in [0.2, 0.25) is 0 Å². The lowest BCUT2D eigenvalue weighted by Crippen LogP contribution is -2.04. The maximum atomic E-state index is 5.89. The van der Waals surface area contributed by atoms with Crippen LogP contribution >= 0.6 is 11.8 Å². The van der Waals surface area contributed by atoms with E-state index in [9.17, 15) is 0 Å². The third kappa shape index (κ3) is 2.94. The van der Waals surface area contributed by atoms with Crippen molar-refractivity contribution in [1.29, 1.82) is 0 Å². The zero-order valence-electron chi connectivity index (χ0n) is 12.3. The van der Waals surface area contributed by atoms with Crippen molar-refractivity contribution in [1.82, 2.24) is 4.98 Å². The van der Waals surface area contributed by atoms with Crippen molar-refractivity contribution in [3.63, 3.8) is 0 Å². The monoisotopic (exact) mass is 294 g/mol. The summed E-state index contributed by atoms with van der Waals surface area (Å²) in [6.07, 6.45) is 0. The minimum atomic E-state index is 0.523. The molecule has 2 nitrogen and oxygen atoms in total. The Hall–Kier alpha value is -1.84. The summed E-state index contributed by atoms with van der Waals surface area (Å²) >= 11 is 1.76. The molecular formula is C18H18N2S. The van der Waals surface area contributed by atoms with Gasteiger partial charge in [0.15, 0.2) is 0 Å². The van der Waals surface area contributed by atoms with Crippen molar-refractivity contribution >= 4 is 22.5 Å². The lowest BCUT2D eigenvalue weighted by atomic mass is 10.1. The maximum absolute atomic E-state index is 5.89. The van der Waals surface area contributed by atoms with Crippen LogP contribution in [-0.2, 0) is 6.54 Å². The number of benzene rings is 2. The SMILES string of the molecule is Cc1cc(Sc2ccc3ccccc3c2)c(CN)c(C)n1. The highest BCUT2D eigenvalue weighted by Gasteiger charge is 2.09. The highest BCUT2D eigenvalue weighted by atomic mass is 32.2. The number of aromatic nitrogens is 1. The normalized spacial score (nSPS) is 11.0. The summed E-state index contributed by atoms with van der Waals surface area (Å²) in [4.78, 5) is 6.94. The van der Waals surface area contributed by atoms with E-state index < -0.39 is 0 Å². The zero-order chi connectivity index (χ0) is 14.8. The predicted octanol–water partition coefficient (Wildman–Crippen LogP) is 4.46. The van der Waals surface area contributed by atoms with Gasteiger partial charge in [-0.05, 0) is 42.8 Å².